The van der Waals surface area contributed by atoms with Gasteiger partial charge in [0.25, 0.3) is 5.91 Å². The van der Waals surface area contributed by atoms with Crippen LogP contribution in [0.3, 0.4) is 0 Å². The van der Waals surface area contributed by atoms with E-state index < -0.39 is 35.3 Å². The van der Waals surface area contributed by atoms with Crippen LogP contribution < -0.4 is 10.2 Å². The molecule has 1 amide bonds. The van der Waals surface area contributed by atoms with Crippen LogP contribution in [0, 0.1) is 32.5 Å². The molecule has 12 heteroatoms. The maximum Gasteiger partial charge on any atom is 0.338 e. The molecule has 0 radical (unpaired) electrons. The molecule has 3 aromatic rings. The zero-order valence-corrected chi connectivity index (χ0v) is 25.9. The monoisotopic (exact) mass is 620 g/mol. The van der Waals surface area contributed by atoms with Crippen molar-refractivity contribution >= 4 is 34.9 Å². The second-order valence-electron chi connectivity index (χ2n) is 11.5. The van der Waals surface area contributed by atoms with Gasteiger partial charge in [-0.2, -0.15) is 0 Å². The number of piperidine rings is 1. The molecule has 3 aliphatic heterocycles. The van der Waals surface area contributed by atoms with E-state index in [2.05, 4.69) is 15.3 Å². The van der Waals surface area contributed by atoms with Gasteiger partial charge in [-0.05, 0) is 56.0 Å². The van der Waals surface area contributed by atoms with Crippen LogP contribution in [-0.2, 0) is 14.3 Å². The van der Waals surface area contributed by atoms with Crippen LogP contribution in [0.5, 0.6) is 0 Å². The lowest BCUT2D eigenvalue weighted by Gasteiger charge is -2.38. The van der Waals surface area contributed by atoms with Crippen LogP contribution in [0.1, 0.15) is 46.6 Å². The lowest BCUT2D eigenvalue weighted by molar-refractivity contribution is -0.139. The summed E-state index contributed by atoms with van der Waals surface area (Å²) in [6.07, 6.45) is 3.36. The first-order valence-corrected chi connectivity index (χ1v) is 15.5. The predicted molar refractivity (Wildman–Crippen MR) is 164 cm³/mol. The highest BCUT2D eigenvalue weighted by molar-refractivity contribution is 7.11. The molecule has 2 unspecified atom stereocenters. The molecule has 1 N–H and O–H groups in total. The molecule has 6 rings (SSSR count). The zero-order valence-electron chi connectivity index (χ0n) is 25.1. The number of halogens is 2. The van der Waals surface area contributed by atoms with Crippen LogP contribution in [0.2, 0.25) is 0 Å². The minimum atomic E-state index is -2.00. The molecule has 9 nitrogen and oxygen atoms in total. The summed E-state index contributed by atoms with van der Waals surface area (Å²) in [5, 5.41) is 5.75. The number of benzene rings is 1. The number of nitrogens with one attached hydrogen (secondary N) is 1. The van der Waals surface area contributed by atoms with Gasteiger partial charge in [-0.25, -0.2) is 23.5 Å². The number of anilines is 1. The molecule has 5 heterocycles. The number of carbonyl (C=O) groups is 2. The number of thiazole rings is 1. The van der Waals surface area contributed by atoms with E-state index in [9.17, 15) is 14.0 Å². The number of carbonyl (C=O) groups excluding carboxylic acids is 2. The van der Waals surface area contributed by atoms with Crippen LogP contribution >= 0.6 is 11.3 Å². The topological polar surface area (TPSA) is 100 Å². The summed E-state index contributed by atoms with van der Waals surface area (Å²) >= 11 is 1.38. The van der Waals surface area contributed by atoms with Crippen LogP contribution in [-0.4, -0.2) is 71.0 Å². The molecule has 1 aromatic carbocycles. The summed E-state index contributed by atoms with van der Waals surface area (Å²) in [5.74, 6) is -1.17. The van der Waals surface area contributed by atoms with Gasteiger partial charge in [-0.1, -0.05) is 18.2 Å². The molecule has 44 heavy (non-hydrogen) atoms. The first kappa shape index (κ1) is 30.0. The number of nitrogens with zero attached hydrogens (tertiary/aromatic N) is 5. The molecular weight excluding hydrogens is 586 g/mol. The van der Waals surface area contributed by atoms with E-state index in [0.29, 0.717) is 46.6 Å². The van der Waals surface area contributed by atoms with Crippen molar-refractivity contribution in [2.75, 3.05) is 37.7 Å². The number of ether oxygens (including phenoxy) is 1. The number of alkyl halides is 1. The van der Waals surface area contributed by atoms with Crippen molar-refractivity contribution in [1.82, 2.24) is 20.2 Å². The van der Waals surface area contributed by atoms with E-state index >= 15 is 4.39 Å². The first-order valence-electron chi connectivity index (χ1n) is 14.7. The number of aryl methyl sites for hydroxylation is 2. The minimum Gasteiger partial charge on any atom is -0.463 e. The highest BCUT2D eigenvalue weighted by Crippen LogP contribution is 2.42. The third kappa shape index (κ3) is 5.30. The Morgan fingerprint density at radius 1 is 1.23 bits per heavy atom. The molecular formula is C32H34F2N6O3S. The summed E-state index contributed by atoms with van der Waals surface area (Å²) in [6, 6.07) is 5.82. The third-order valence-electron chi connectivity index (χ3n) is 8.61. The highest BCUT2D eigenvalue weighted by Gasteiger charge is 2.58. The van der Waals surface area contributed by atoms with Gasteiger partial charge in [0.2, 0.25) is 0 Å². The quantitative estimate of drug-likeness (QED) is 0.386. The van der Waals surface area contributed by atoms with Gasteiger partial charge >= 0.3 is 5.97 Å². The maximum absolute atomic E-state index is 16.4. The van der Waals surface area contributed by atoms with Crippen LogP contribution in [0.4, 0.5) is 14.6 Å². The SMILES string of the molecule is CCOC(=O)C1=C(CN2CCC3(F)C(=O)N(c4ncc(C)cc4C)CC3C2)NC(c2nccs2)=N[C@H]1c1cccc(F)c1C. The number of hydrogen-bond donors (Lipinski definition) is 1. The fraction of sp³-hybridized carbons (Fsp3) is 0.406. The number of pyridine rings is 1. The van der Waals surface area contributed by atoms with Crippen molar-refractivity contribution in [3.8, 4) is 0 Å². The summed E-state index contributed by atoms with van der Waals surface area (Å²) in [6.45, 7) is 8.36. The zero-order chi connectivity index (χ0) is 31.2. The number of likely N-dealkylation sites (tertiary alicyclic amines) is 1. The lowest BCUT2D eigenvalue weighted by atomic mass is 9.84. The Kier molecular flexibility index (Phi) is 8.06. The summed E-state index contributed by atoms with van der Waals surface area (Å²) < 4.78 is 36.6. The molecule has 0 saturated carbocycles. The molecule has 0 bridgehead atoms. The van der Waals surface area contributed by atoms with Gasteiger partial charge < -0.3 is 10.1 Å². The second kappa shape index (κ2) is 11.8. The largest absolute Gasteiger partial charge is 0.463 e. The van der Waals surface area contributed by atoms with E-state index in [1.807, 2.05) is 30.2 Å². The number of hydrogen-bond acceptors (Lipinski definition) is 9. The standard InChI is InChI=1S/C32H34F2N6O3S/c1-5-43-30(41)25-24(37-27(29-35-10-12-44-29)38-26(25)22-7-6-8-23(33)20(22)4)17-39-11-9-32(34)21(15-39)16-40(31(32)42)28-19(3)13-18(2)14-36-28/h6-8,10,12-14,21,26H,5,9,11,15-17H2,1-4H3,(H,37,38)/t21?,26-,32?/m0/s1. The number of amides is 1. The Labute approximate surface area is 258 Å². The number of aromatic nitrogens is 2. The smallest absolute Gasteiger partial charge is 0.338 e. The number of esters is 1. The number of amidine groups is 1. The van der Waals surface area contributed by atoms with Crippen molar-refractivity contribution < 1.29 is 23.1 Å². The molecule has 3 atom stereocenters. The van der Waals surface area contributed by atoms with Crippen molar-refractivity contribution in [2.45, 2.75) is 45.8 Å². The van der Waals surface area contributed by atoms with E-state index in [1.165, 1.54) is 22.3 Å². The molecule has 2 aromatic heterocycles. The number of aliphatic imine (C=N–C) groups is 1. The summed E-state index contributed by atoms with van der Waals surface area (Å²) in [4.78, 5) is 44.1. The highest BCUT2D eigenvalue weighted by atomic mass is 32.1. The summed E-state index contributed by atoms with van der Waals surface area (Å²) in [5.41, 5.74) is 1.51. The van der Waals surface area contributed by atoms with Crippen molar-refractivity contribution in [3.63, 3.8) is 0 Å². The minimum absolute atomic E-state index is 0.0137. The number of rotatable bonds is 7. The van der Waals surface area contributed by atoms with Gasteiger partial charge in [0.1, 0.15) is 17.7 Å². The Balaban J connectivity index is 1.34. The maximum atomic E-state index is 16.4. The average molecular weight is 621 g/mol. The van der Waals surface area contributed by atoms with E-state index in [0.717, 1.165) is 11.1 Å². The Morgan fingerprint density at radius 3 is 2.77 bits per heavy atom. The number of fused-ring (bicyclic) bond motifs is 1. The van der Waals surface area contributed by atoms with Crippen molar-refractivity contribution in [3.05, 3.63) is 86.4 Å². The van der Waals surface area contributed by atoms with E-state index in [1.54, 1.807) is 38.4 Å². The fourth-order valence-electron chi connectivity index (χ4n) is 6.39. The normalized spacial score (nSPS) is 23.8. The van der Waals surface area contributed by atoms with Gasteiger partial charge in [-0.3, -0.25) is 19.6 Å². The Bertz CT molecular complexity index is 1680. The molecule has 2 fully saturated rings. The predicted octanol–water partition coefficient (Wildman–Crippen LogP) is 4.59. The lowest BCUT2D eigenvalue weighted by Crippen LogP contribution is -2.52. The Morgan fingerprint density at radius 2 is 2.05 bits per heavy atom. The van der Waals surface area contributed by atoms with Gasteiger partial charge in [-0.15, -0.1) is 11.3 Å². The van der Waals surface area contributed by atoms with Gasteiger partial charge in [0, 0.05) is 62.0 Å². The van der Waals surface area contributed by atoms with E-state index in [-0.39, 0.29) is 31.7 Å². The molecule has 2 saturated heterocycles. The van der Waals surface area contributed by atoms with Crippen LogP contribution in [0.25, 0.3) is 0 Å². The van der Waals surface area contributed by atoms with Crippen LogP contribution in [0.15, 0.2) is 58.3 Å². The fourth-order valence-corrected chi connectivity index (χ4v) is 6.98. The molecule has 0 spiro atoms. The molecule has 0 aliphatic carbocycles. The molecule has 230 valence electrons. The third-order valence-corrected chi connectivity index (χ3v) is 9.39. The van der Waals surface area contributed by atoms with Gasteiger partial charge in [0.05, 0.1) is 12.2 Å². The average Bonchev–Trinajstić information content (AvgIpc) is 3.62. The second-order valence-corrected chi connectivity index (χ2v) is 12.4. The first-order chi connectivity index (χ1) is 21.1. The van der Waals surface area contributed by atoms with E-state index in [4.69, 9.17) is 9.73 Å². The van der Waals surface area contributed by atoms with Crippen molar-refractivity contribution in [2.24, 2.45) is 10.9 Å². The summed E-state index contributed by atoms with van der Waals surface area (Å²) in [7, 11) is 0. The van der Waals surface area contributed by atoms with Crippen molar-refractivity contribution in [1.29, 1.82) is 0 Å². The Hall–Kier alpha value is -4.03. The molecule has 3 aliphatic rings. The van der Waals surface area contributed by atoms with Gasteiger partial charge in [0.15, 0.2) is 16.5 Å².